The van der Waals surface area contributed by atoms with Crippen LogP contribution in [-0.4, -0.2) is 27.3 Å². The summed E-state index contributed by atoms with van der Waals surface area (Å²) in [6.07, 6.45) is 3.81. The zero-order valence-corrected chi connectivity index (χ0v) is 23.0. The van der Waals surface area contributed by atoms with Crippen molar-refractivity contribution in [3.63, 3.8) is 0 Å². The third-order valence-corrected chi connectivity index (χ3v) is 8.02. The Morgan fingerprint density at radius 2 is 1.87 bits per heavy atom. The summed E-state index contributed by atoms with van der Waals surface area (Å²) in [6, 6.07) is 4.08. The summed E-state index contributed by atoms with van der Waals surface area (Å²) >= 11 is 12.9. The first-order valence-electron chi connectivity index (χ1n) is 10.6. The summed E-state index contributed by atoms with van der Waals surface area (Å²) in [6.45, 7) is 0. The van der Waals surface area contributed by atoms with Crippen LogP contribution < -0.4 is 63.6 Å². The van der Waals surface area contributed by atoms with Gasteiger partial charge in [-0.25, -0.2) is 9.45 Å². The molecule has 2 N–H and O–H groups in total. The molecule has 12 heteroatoms. The van der Waals surface area contributed by atoms with E-state index in [2.05, 4.69) is 0 Å². The zero-order chi connectivity index (χ0) is 22.4. The molecular formula is C18H21Cl2Na2O7P+2. The van der Waals surface area contributed by atoms with Gasteiger partial charge in [-0.15, -0.1) is 11.6 Å². The second kappa shape index (κ2) is 8.69. The smallest absolute Gasteiger partial charge is 0.403 e. The third-order valence-electron chi connectivity index (χ3n) is 6.81. The van der Waals surface area contributed by atoms with E-state index in [1.165, 1.54) is 18.2 Å². The Labute approximate surface area is 233 Å². The van der Waals surface area contributed by atoms with Crippen LogP contribution in [0.3, 0.4) is 0 Å². The quantitative estimate of drug-likeness (QED) is 0.217. The average Bonchev–Trinajstić information content (AvgIpc) is 2.57. The van der Waals surface area contributed by atoms with E-state index in [1.807, 2.05) is 0 Å². The number of phosphoric ester groups is 1. The van der Waals surface area contributed by atoms with E-state index in [1.54, 1.807) is 0 Å². The number of hydrogen-bond donors (Lipinski definition) is 2. The van der Waals surface area contributed by atoms with E-state index in [9.17, 15) is 14.4 Å². The molecule has 4 aliphatic carbocycles. The number of benzene rings is 1. The Hall–Kier alpha value is 1.63. The molecule has 1 saturated heterocycles. The summed E-state index contributed by atoms with van der Waals surface area (Å²) in [4.78, 5) is 29.4. The van der Waals surface area contributed by atoms with Gasteiger partial charge in [0, 0.05) is 17.5 Å². The van der Waals surface area contributed by atoms with Gasteiger partial charge in [0.15, 0.2) is 11.4 Å². The van der Waals surface area contributed by atoms with Crippen molar-refractivity contribution < 1.29 is 96.6 Å². The summed E-state index contributed by atoms with van der Waals surface area (Å²) in [5, 5.41) is -0.0600. The van der Waals surface area contributed by atoms with Crippen LogP contribution in [0.25, 0.3) is 0 Å². The van der Waals surface area contributed by atoms with Crippen molar-refractivity contribution in [3.8, 4) is 5.75 Å². The van der Waals surface area contributed by atoms with Crippen LogP contribution in [0.15, 0.2) is 18.2 Å². The summed E-state index contributed by atoms with van der Waals surface area (Å²) in [5.41, 5.74) is -0.900. The number of hydrogen-bond acceptors (Lipinski definition) is 5. The molecule has 154 valence electrons. The molecule has 1 aromatic carbocycles. The van der Waals surface area contributed by atoms with Crippen LogP contribution >= 0.6 is 31.0 Å². The molecule has 4 saturated carbocycles. The van der Waals surface area contributed by atoms with E-state index in [4.69, 9.17) is 46.3 Å². The van der Waals surface area contributed by atoms with Gasteiger partial charge in [0.2, 0.25) is 0 Å². The molecule has 5 fully saturated rings. The van der Waals surface area contributed by atoms with Crippen molar-refractivity contribution in [1.29, 1.82) is 0 Å². The van der Waals surface area contributed by atoms with Gasteiger partial charge in [0.05, 0.1) is 9.13 Å². The van der Waals surface area contributed by atoms with Crippen molar-refractivity contribution in [2.45, 2.75) is 48.4 Å². The number of methoxy groups -OCH3 is 1. The maximum atomic E-state index is 11.4. The minimum absolute atomic E-state index is 0. The largest absolute Gasteiger partial charge is 1.00 e. The third kappa shape index (κ3) is 3.83. The Kier molecular flexibility index (Phi) is 6.41. The van der Waals surface area contributed by atoms with Gasteiger partial charge in [-0.05, 0) is 62.0 Å². The van der Waals surface area contributed by atoms with Crippen molar-refractivity contribution >= 4 is 31.0 Å². The van der Waals surface area contributed by atoms with Crippen molar-refractivity contribution in [3.05, 3.63) is 28.8 Å². The maximum Gasteiger partial charge on any atom is 1.00 e. The Bertz CT molecular complexity index is 965. The number of ether oxygens (including phenoxy) is 1. The van der Waals surface area contributed by atoms with Crippen LogP contribution in [-0.2, 0) is 24.9 Å². The molecule has 7 nitrogen and oxygen atoms in total. The molecule has 1 aromatic rings. The van der Waals surface area contributed by atoms with Gasteiger partial charge in [0.1, 0.15) is 0 Å². The van der Waals surface area contributed by atoms with Crippen LogP contribution in [0.4, 0.5) is 0 Å². The number of alkyl halides is 1. The van der Waals surface area contributed by atoms with Crippen molar-refractivity contribution in [2.24, 2.45) is 17.8 Å². The first-order valence-corrected chi connectivity index (χ1v) is 11.4. The van der Waals surface area contributed by atoms with E-state index in [0.717, 1.165) is 19.3 Å². The molecule has 1 spiro atoms. The Morgan fingerprint density at radius 3 is 2.37 bits per heavy atom. The summed E-state index contributed by atoms with van der Waals surface area (Å²) in [5.74, 6) is -1.92. The minimum Gasteiger partial charge on any atom is -0.403 e. The molecular weight excluding hydrogens is 476 g/mol. The van der Waals surface area contributed by atoms with Gasteiger partial charge in [-0.1, -0.05) is 17.7 Å². The molecule has 3 atom stereocenters. The number of halogens is 2. The van der Waals surface area contributed by atoms with Crippen LogP contribution in [0, 0.1) is 17.8 Å². The van der Waals surface area contributed by atoms with Gasteiger partial charge in [0.25, 0.3) is 5.79 Å². The predicted molar refractivity (Wildman–Crippen MR) is 99.9 cm³/mol. The molecule has 3 unspecified atom stereocenters. The standard InChI is InChI=1S/C18H21Cl2O7P.2Na/c1-24-18(11-2-3-14(19)15(6-11)25-28(21,22)23)17(26-27-18)12-4-10-5-13(17)9-16(20,7-10)8-12;;/h2-3,6,10,12-13H,4-5,7-9H2,1H3,(H2,21,22,23);;/q;2*+1/i1D3;;. The zero-order valence-electron chi connectivity index (χ0n) is 19.6. The molecule has 0 aromatic heterocycles. The van der Waals surface area contributed by atoms with E-state index in [0.29, 0.717) is 18.8 Å². The molecule has 4 bridgehead atoms. The van der Waals surface area contributed by atoms with Gasteiger partial charge in [-0.2, -0.15) is 4.89 Å². The fourth-order valence-electron chi connectivity index (χ4n) is 6.09. The number of rotatable bonds is 4. The monoisotopic (exact) mass is 499 g/mol. The maximum absolute atomic E-state index is 11.4. The molecule has 5 aliphatic rings. The molecule has 6 rings (SSSR count). The van der Waals surface area contributed by atoms with Gasteiger partial charge >= 0.3 is 66.9 Å². The fraction of sp³-hybridized carbons (Fsp3) is 0.667. The molecule has 30 heavy (non-hydrogen) atoms. The second-order valence-electron chi connectivity index (χ2n) is 8.40. The summed E-state index contributed by atoms with van der Waals surface area (Å²) in [7, 11) is -7.75. The van der Waals surface area contributed by atoms with Crippen LogP contribution in [0.2, 0.25) is 5.02 Å². The van der Waals surface area contributed by atoms with E-state index < -0.39 is 26.2 Å². The average molecular weight is 500 g/mol. The van der Waals surface area contributed by atoms with Gasteiger partial charge < -0.3 is 9.26 Å². The molecule has 1 heterocycles. The predicted octanol–water partition coefficient (Wildman–Crippen LogP) is -1.86. The van der Waals surface area contributed by atoms with Gasteiger partial charge in [-0.3, -0.25) is 9.79 Å². The van der Waals surface area contributed by atoms with E-state index in [-0.39, 0.29) is 92.2 Å². The van der Waals surface area contributed by atoms with Crippen LogP contribution in [0.5, 0.6) is 5.75 Å². The number of phosphoric acid groups is 1. The normalized spacial score (nSPS) is 42.9. The molecule has 1 aliphatic heterocycles. The minimum atomic E-state index is -4.92. The summed E-state index contributed by atoms with van der Waals surface area (Å²) < 4.78 is 45.0. The first kappa shape index (κ1) is 22.1. The van der Waals surface area contributed by atoms with E-state index >= 15 is 0 Å². The SMILES string of the molecule is [2H]C([2H])([2H])OC1(c2ccc(Cl)c(OP(=O)(O)O)c2)OOC12C1CC3CC2CC(Cl)(C3)C1.[Na+].[Na+]. The Morgan fingerprint density at radius 1 is 1.20 bits per heavy atom. The van der Waals surface area contributed by atoms with Crippen molar-refractivity contribution in [1.82, 2.24) is 0 Å². The molecule has 0 radical (unpaired) electrons. The second-order valence-corrected chi connectivity index (χ2v) is 10.8. The van der Waals surface area contributed by atoms with Crippen molar-refractivity contribution in [2.75, 3.05) is 7.04 Å². The topological polar surface area (TPSA) is 94.5 Å². The first-order chi connectivity index (χ1) is 14.3. The fourth-order valence-corrected chi connectivity index (χ4v) is 7.30. The Balaban J connectivity index is 0.00000153. The van der Waals surface area contributed by atoms with Crippen LogP contribution in [0.1, 0.15) is 41.8 Å². The molecule has 0 amide bonds.